The fraction of sp³-hybridized carbons (Fsp3) is 0.333. The zero-order valence-electron chi connectivity index (χ0n) is 13.2. The predicted molar refractivity (Wildman–Crippen MR) is 91.6 cm³/mol. The lowest BCUT2D eigenvalue weighted by Gasteiger charge is -2.26. The molecule has 23 heavy (non-hydrogen) atoms. The van der Waals surface area contributed by atoms with E-state index in [-0.39, 0.29) is 10.6 Å². The summed E-state index contributed by atoms with van der Waals surface area (Å²) < 4.78 is 0. The molecule has 0 spiro atoms. The van der Waals surface area contributed by atoms with E-state index < -0.39 is 0 Å². The third kappa shape index (κ3) is 3.35. The minimum absolute atomic E-state index is 0.121. The smallest absolute Gasteiger partial charge is 0.292 e. The van der Waals surface area contributed by atoms with Gasteiger partial charge in [0, 0.05) is 25.7 Å². The molecule has 0 aromatic heterocycles. The number of nitrogens with one attached hydrogen (secondary N) is 2. The third-order valence-electron chi connectivity index (χ3n) is 4.45. The van der Waals surface area contributed by atoms with Gasteiger partial charge in [-0.2, -0.15) is 0 Å². The van der Waals surface area contributed by atoms with Crippen LogP contribution in [0.2, 0.25) is 0 Å². The van der Waals surface area contributed by atoms with Crippen LogP contribution in [0, 0.1) is 10.1 Å². The van der Waals surface area contributed by atoms with Crippen molar-refractivity contribution in [1.29, 1.82) is 0 Å². The van der Waals surface area contributed by atoms with Gasteiger partial charge in [0.25, 0.3) is 5.69 Å². The molecule has 0 bridgehead atoms. The first-order valence-electron chi connectivity index (χ1n) is 7.95. The first-order chi connectivity index (χ1) is 11.2. The summed E-state index contributed by atoms with van der Waals surface area (Å²) in [5.74, 6) is 0. The van der Waals surface area contributed by atoms with Gasteiger partial charge in [0.2, 0.25) is 0 Å². The van der Waals surface area contributed by atoms with Crippen molar-refractivity contribution < 1.29 is 4.92 Å². The third-order valence-corrected chi connectivity index (χ3v) is 4.45. The van der Waals surface area contributed by atoms with Gasteiger partial charge in [0.1, 0.15) is 5.69 Å². The average molecular weight is 311 g/mol. The molecule has 0 aliphatic heterocycles. The van der Waals surface area contributed by atoms with Crippen molar-refractivity contribution in [3.05, 3.63) is 69.3 Å². The normalized spacial score (nSPS) is 16.7. The van der Waals surface area contributed by atoms with Gasteiger partial charge in [-0.05, 0) is 42.0 Å². The molecule has 2 aromatic carbocycles. The highest BCUT2D eigenvalue weighted by Gasteiger charge is 2.19. The zero-order valence-corrected chi connectivity index (χ0v) is 13.2. The number of hydrogen-bond acceptors (Lipinski definition) is 4. The van der Waals surface area contributed by atoms with Gasteiger partial charge in [-0.25, -0.2) is 0 Å². The van der Waals surface area contributed by atoms with E-state index in [1.807, 2.05) is 6.07 Å². The maximum atomic E-state index is 11.1. The van der Waals surface area contributed by atoms with Gasteiger partial charge >= 0.3 is 0 Å². The van der Waals surface area contributed by atoms with E-state index in [0.717, 1.165) is 18.4 Å². The highest BCUT2D eigenvalue weighted by atomic mass is 16.6. The summed E-state index contributed by atoms with van der Waals surface area (Å²) in [7, 11) is 1.69. The minimum Gasteiger partial charge on any atom is -0.383 e. The lowest BCUT2D eigenvalue weighted by Crippen LogP contribution is -2.24. The van der Waals surface area contributed by atoms with Crippen molar-refractivity contribution in [3.63, 3.8) is 0 Å². The van der Waals surface area contributed by atoms with Crippen molar-refractivity contribution in [2.75, 3.05) is 12.4 Å². The fourth-order valence-electron chi connectivity index (χ4n) is 3.26. The molecule has 3 rings (SSSR count). The SMILES string of the molecule is CNc1ccc(CNC2CCCc3ccccc32)cc1[N+](=O)[O-]. The topological polar surface area (TPSA) is 67.2 Å². The molecular weight excluding hydrogens is 290 g/mol. The molecule has 0 radical (unpaired) electrons. The minimum atomic E-state index is -0.342. The molecule has 5 nitrogen and oxygen atoms in total. The van der Waals surface area contributed by atoms with E-state index in [4.69, 9.17) is 0 Å². The van der Waals surface area contributed by atoms with Gasteiger partial charge in [-0.3, -0.25) is 10.1 Å². The highest BCUT2D eigenvalue weighted by molar-refractivity contribution is 5.62. The van der Waals surface area contributed by atoms with Crippen molar-refractivity contribution in [3.8, 4) is 0 Å². The highest BCUT2D eigenvalue weighted by Crippen LogP contribution is 2.30. The zero-order chi connectivity index (χ0) is 16.2. The van der Waals surface area contributed by atoms with Crippen molar-refractivity contribution >= 4 is 11.4 Å². The number of rotatable bonds is 5. The van der Waals surface area contributed by atoms with Crippen LogP contribution in [0.15, 0.2) is 42.5 Å². The van der Waals surface area contributed by atoms with Gasteiger partial charge < -0.3 is 10.6 Å². The maximum absolute atomic E-state index is 11.1. The summed E-state index contributed by atoms with van der Waals surface area (Å²) in [5.41, 5.74) is 4.37. The number of nitro groups is 1. The summed E-state index contributed by atoms with van der Waals surface area (Å²) in [6.07, 6.45) is 3.41. The van der Waals surface area contributed by atoms with E-state index in [2.05, 4.69) is 34.9 Å². The van der Waals surface area contributed by atoms with Crippen LogP contribution < -0.4 is 10.6 Å². The lowest BCUT2D eigenvalue weighted by molar-refractivity contribution is -0.384. The molecule has 0 amide bonds. The van der Waals surface area contributed by atoms with Gasteiger partial charge in [-0.1, -0.05) is 30.3 Å². The Labute approximate surface area is 135 Å². The van der Waals surface area contributed by atoms with E-state index >= 15 is 0 Å². The first kappa shape index (κ1) is 15.5. The molecule has 0 heterocycles. The molecule has 120 valence electrons. The van der Waals surface area contributed by atoms with Crippen LogP contribution in [-0.2, 0) is 13.0 Å². The van der Waals surface area contributed by atoms with E-state index in [0.29, 0.717) is 18.3 Å². The molecule has 0 saturated heterocycles. The largest absolute Gasteiger partial charge is 0.383 e. The molecule has 2 N–H and O–H groups in total. The quantitative estimate of drug-likeness (QED) is 0.651. The molecule has 0 fully saturated rings. The first-order valence-corrected chi connectivity index (χ1v) is 7.95. The number of hydrogen-bond donors (Lipinski definition) is 2. The summed E-state index contributed by atoms with van der Waals surface area (Å²) >= 11 is 0. The summed E-state index contributed by atoms with van der Waals surface area (Å²) in [4.78, 5) is 10.8. The van der Waals surface area contributed by atoms with Crippen molar-refractivity contribution in [2.24, 2.45) is 0 Å². The molecule has 1 atom stereocenters. The summed E-state index contributed by atoms with van der Waals surface area (Å²) in [5, 5.41) is 17.6. The Balaban J connectivity index is 1.74. The molecular formula is C18H21N3O2. The van der Waals surface area contributed by atoms with E-state index in [1.54, 1.807) is 19.2 Å². The molecule has 1 unspecified atom stereocenters. The Kier molecular flexibility index (Phi) is 4.57. The van der Waals surface area contributed by atoms with Crippen molar-refractivity contribution in [2.45, 2.75) is 31.8 Å². The summed E-state index contributed by atoms with van der Waals surface area (Å²) in [6, 6.07) is 14.2. The second-order valence-corrected chi connectivity index (χ2v) is 5.88. The van der Waals surface area contributed by atoms with Crippen LogP contribution in [0.5, 0.6) is 0 Å². The summed E-state index contributed by atoms with van der Waals surface area (Å²) in [6.45, 7) is 0.629. The van der Waals surface area contributed by atoms with Crippen LogP contribution in [0.3, 0.4) is 0 Å². The number of fused-ring (bicyclic) bond motifs is 1. The monoisotopic (exact) mass is 311 g/mol. The molecule has 0 saturated carbocycles. The van der Waals surface area contributed by atoms with Crippen LogP contribution in [-0.4, -0.2) is 12.0 Å². The Morgan fingerprint density at radius 2 is 2.09 bits per heavy atom. The van der Waals surface area contributed by atoms with Crippen molar-refractivity contribution in [1.82, 2.24) is 5.32 Å². The molecule has 5 heteroatoms. The van der Waals surface area contributed by atoms with Crippen LogP contribution >= 0.6 is 0 Å². The van der Waals surface area contributed by atoms with Gasteiger partial charge in [0.15, 0.2) is 0 Å². The Morgan fingerprint density at radius 3 is 2.87 bits per heavy atom. The average Bonchev–Trinajstić information content (AvgIpc) is 2.59. The number of aryl methyl sites for hydroxylation is 1. The number of nitro benzene ring substituents is 1. The van der Waals surface area contributed by atoms with E-state index in [1.165, 1.54) is 17.5 Å². The number of nitrogens with zero attached hydrogens (tertiary/aromatic N) is 1. The Bertz CT molecular complexity index is 715. The molecule has 1 aliphatic carbocycles. The standard InChI is InChI=1S/C18H21N3O2/c1-19-17-10-9-13(11-18(17)21(22)23)12-20-16-8-4-6-14-5-2-3-7-15(14)16/h2-3,5,7,9-11,16,19-20H,4,6,8,12H2,1H3. The fourth-order valence-corrected chi connectivity index (χ4v) is 3.26. The lowest BCUT2D eigenvalue weighted by atomic mass is 9.87. The molecule has 1 aliphatic rings. The van der Waals surface area contributed by atoms with Crippen LogP contribution in [0.4, 0.5) is 11.4 Å². The van der Waals surface area contributed by atoms with Gasteiger partial charge in [0.05, 0.1) is 4.92 Å². The number of benzene rings is 2. The second kappa shape index (κ2) is 6.79. The van der Waals surface area contributed by atoms with Crippen LogP contribution in [0.1, 0.15) is 35.6 Å². The maximum Gasteiger partial charge on any atom is 0.292 e. The molecule has 2 aromatic rings. The Morgan fingerprint density at radius 1 is 1.26 bits per heavy atom. The predicted octanol–water partition coefficient (Wildman–Crippen LogP) is 3.80. The van der Waals surface area contributed by atoms with Crippen LogP contribution in [0.25, 0.3) is 0 Å². The number of anilines is 1. The second-order valence-electron chi connectivity index (χ2n) is 5.88. The van der Waals surface area contributed by atoms with Gasteiger partial charge in [-0.15, -0.1) is 0 Å². The van der Waals surface area contributed by atoms with E-state index in [9.17, 15) is 10.1 Å². The Hall–Kier alpha value is -2.40.